The van der Waals surface area contributed by atoms with Crippen molar-refractivity contribution >= 4 is 23.4 Å². The molecule has 0 spiro atoms. The van der Waals surface area contributed by atoms with Crippen LogP contribution < -0.4 is 11.1 Å². The van der Waals surface area contributed by atoms with Crippen molar-refractivity contribution in [2.24, 2.45) is 10.7 Å². The Kier molecular flexibility index (Phi) is 4.79. The third-order valence-electron chi connectivity index (χ3n) is 3.54. The molecule has 1 heterocycles. The molecular formula is C16H19FN4O3. The summed E-state index contributed by atoms with van der Waals surface area (Å²) >= 11 is 0. The van der Waals surface area contributed by atoms with Gasteiger partial charge < -0.3 is 11.1 Å². The molecule has 0 fully saturated rings. The predicted octanol–water partition coefficient (Wildman–Crippen LogP) is -0.0126. The molecule has 8 heteroatoms. The Hall–Kier alpha value is -2.61. The number of hydrogen-bond donors (Lipinski definition) is 2. The van der Waals surface area contributed by atoms with Gasteiger partial charge in [-0.05, 0) is 31.5 Å². The van der Waals surface area contributed by atoms with Gasteiger partial charge in [-0.2, -0.15) is 0 Å². The van der Waals surface area contributed by atoms with Crippen molar-refractivity contribution in [1.29, 1.82) is 0 Å². The fourth-order valence-electron chi connectivity index (χ4n) is 2.31. The average molecular weight is 334 g/mol. The van der Waals surface area contributed by atoms with Crippen LogP contribution in [0.1, 0.15) is 19.4 Å². The van der Waals surface area contributed by atoms with Crippen molar-refractivity contribution in [3.63, 3.8) is 0 Å². The molecule has 24 heavy (non-hydrogen) atoms. The Balaban J connectivity index is 2.17. The van der Waals surface area contributed by atoms with Crippen LogP contribution in [-0.4, -0.2) is 47.0 Å². The second-order valence-electron chi connectivity index (χ2n) is 6.15. The second kappa shape index (κ2) is 6.48. The zero-order valence-electron chi connectivity index (χ0n) is 13.7. The molecule has 0 unspecified atom stereocenters. The zero-order chi connectivity index (χ0) is 18.1. The van der Waals surface area contributed by atoms with Crippen LogP contribution in [0.15, 0.2) is 29.3 Å². The molecule has 0 saturated carbocycles. The summed E-state index contributed by atoms with van der Waals surface area (Å²) in [6.45, 7) is 3.33. The number of likely N-dealkylation sites (N-methyl/N-ethyl adjacent to an activating group) is 1. The van der Waals surface area contributed by atoms with Gasteiger partial charge >= 0.3 is 0 Å². The van der Waals surface area contributed by atoms with Crippen LogP contribution in [0.5, 0.6) is 0 Å². The van der Waals surface area contributed by atoms with Crippen molar-refractivity contribution < 1.29 is 18.8 Å². The van der Waals surface area contributed by atoms with Crippen LogP contribution in [0, 0.1) is 5.82 Å². The molecule has 0 saturated heterocycles. The lowest BCUT2D eigenvalue weighted by molar-refractivity contribution is -0.145. The molecule has 1 aromatic carbocycles. The normalized spacial score (nSPS) is 18.5. The minimum Gasteiger partial charge on any atom is -0.350 e. The van der Waals surface area contributed by atoms with Crippen molar-refractivity contribution in [2.75, 3.05) is 7.05 Å². The number of rotatable bonds is 4. The van der Waals surface area contributed by atoms with Gasteiger partial charge in [-0.15, -0.1) is 0 Å². The van der Waals surface area contributed by atoms with Gasteiger partial charge in [-0.1, -0.05) is 12.1 Å². The summed E-state index contributed by atoms with van der Waals surface area (Å²) in [6.07, 6.45) is 0. The highest BCUT2D eigenvalue weighted by Crippen LogP contribution is 2.15. The number of nitrogens with two attached hydrogens (primary N) is 1. The molecule has 1 aliphatic rings. The van der Waals surface area contributed by atoms with Gasteiger partial charge in [0.05, 0.1) is 5.54 Å². The molecule has 1 atom stereocenters. The highest BCUT2D eigenvalue weighted by molar-refractivity contribution is 6.46. The fraction of sp³-hybridized carbons (Fsp3) is 0.375. The van der Waals surface area contributed by atoms with Crippen molar-refractivity contribution in [3.8, 4) is 0 Å². The zero-order valence-corrected chi connectivity index (χ0v) is 13.7. The lowest BCUT2D eigenvalue weighted by Crippen LogP contribution is -2.60. The number of ketones is 1. The highest BCUT2D eigenvalue weighted by Gasteiger charge is 2.42. The highest BCUT2D eigenvalue weighted by atomic mass is 19.1. The molecule has 3 N–H and O–H groups in total. The predicted molar refractivity (Wildman–Crippen MR) is 85.5 cm³/mol. The first-order chi connectivity index (χ1) is 11.1. The van der Waals surface area contributed by atoms with Crippen LogP contribution in [-0.2, 0) is 20.9 Å². The van der Waals surface area contributed by atoms with Gasteiger partial charge in [0.25, 0.3) is 17.6 Å². The lowest BCUT2D eigenvalue weighted by atomic mass is 10.00. The Labute approximate surface area is 138 Å². The largest absolute Gasteiger partial charge is 0.350 e. The summed E-state index contributed by atoms with van der Waals surface area (Å²) < 4.78 is 12.9. The molecule has 7 nitrogen and oxygen atoms in total. The van der Waals surface area contributed by atoms with Gasteiger partial charge in [0.15, 0.2) is 6.04 Å². The summed E-state index contributed by atoms with van der Waals surface area (Å²) in [5.74, 6) is -2.68. The van der Waals surface area contributed by atoms with Crippen molar-refractivity contribution in [2.45, 2.75) is 32.0 Å². The molecule has 0 aromatic heterocycles. The van der Waals surface area contributed by atoms with Gasteiger partial charge in [0, 0.05) is 13.6 Å². The lowest BCUT2D eigenvalue weighted by Gasteiger charge is -2.33. The third kappa shape index (κ3) is 3.65. The number of aliphatic imine (C=N–C) groups is 1. The Morgan fingerprint density at radius 3 is 2.46 bits per heavy atom. The number of nitrogens with one attached hydrogen (secondary N) is 1. The number of benzene rings is 1. The molecule has 1 aromatic rings. The number of nitrogens with zero attached hydrogens (tertiary/aromatic N) is 2. The molecule has 2 amide bonds. The SMILES string of the molecule is CN1C(=O)C(=O)[C@@H](C(=O)NCc2ccc(F)cc2)N=C1C(C)(C)N. The smallest absolute Gasteiger partial charge is 0.297 e. The van der Waals surface area contributed by atoms with Crippen LogP contribution in [0.2, 0.25) is 0 Å². The summed E-state index contributed by atoms with van der Waals surface area (Å²) in [7, 11) is 1.39. The molecule has 0 bridgehead atoms. The maximum absolute atomic E-state index is 12.9. The van der Waals surface area contributed by atoms with E-state index in [9.17, 15) is 18.8 Å². The monoisotopic (exact) mass is 334 g/mol. The average Bonchev–Trinajstić information content (AvgIpc) is 2.51. The molecule has 2 rings (SSSR count). The molecular weight excluding hydrogens is 315 g/mol. The standard InChI is InChI=1S/C16H19FN4O3/c1-16(2,18)15-20-11(12(22)14(24)21(15)3)13(23)19-8-9-4-6-10(17)7-5-9/h4-7,11H,8,18H2,1-3H3,(H,19,23)/t11-/m0/s1. The van der Waals surface area contributed by atoms with Crippen molar-refractivity contribution in [1.82, 2.24) is 10.2 Å². The van der Waals surface area contributed by atoms with E-state index in [4.69, 9.17) is 5.73 Å². The van der Waals surface area contributed by atoms with E-state index in [1.807, 2.05) is 0 Å². The number of amides is 2. The summed E-state index contributed by atoms with van der Waals surface area (Å²) in [6, 6.07) is 4.08. The number of carbonyl (C=O) groups is 3. The van der Waals surface area contributed by atoms with Gasteiger partial charge in [0.1, 0.15) is 11.7 Å². The molecule has 0 radical (unpaired) electrons. The van der Waals surface area contributed by atoms with E-state index < -0.39 is 29.2 Å². The van der Waals surface area contributed by atoms with Crippen LogP contribution in [0.25, 0.3) is 0 Å². The minimum atomic E-state index is -1.47. The van der Waals surface area contributed by atoms with E-state index >= 15 is 0 Å². The topological polar surface area (TPSA) is 105 Å². The van der Waals surface area contributed by atoms with Gasteiger partial charge in [-0.25, -0.2) is 9.38 Å². The third-order valence-corrected chi connectivity index (χ3v) is 3.54. The molecule has 128 valence electrons. The quantitative estimate of drug-likeness (QED) is 0.597. The number of halogens is 1. The van der Waals surface area contributed by atoms with E-state index in [0.29, 0.717) is 5.56 Å². The second-order valence-corrected chi connectivity index (χ2v) is 6.15. The first-order valence-electron chi connectivity index (χ1n) is 7.32. The van der Waals surface area contributed by atoms with E-state index in [1.54, 1.807) is 13.8 Å². The van der Waals surface area contributed by atoms with E-state index in [-0.39, 0.29) is 18.2 Å². The van der Waals surface area contributed by atoms with Crippen LogP contribution in [0.3, 0.4) is 0 Å². The van der Waals surface area contributed by atoms with Crippen LogP contribution in [0.4, 0.5) is 4.39 Å². The van der Waals surface area contributed by atoms with Crippen molar-refractivity contribution in [3.05, 3.63) is 35.6 Å². The van der Waals surface area contributed by atoms with Gasteiger partial charge in [-0.3, -0.25) is 19.3 Å². The molecule has 0 aliphatic carbocycles. The summed E-state index contributed by atoms with van der Waals surface area (Å²) in [5.41, 5.74) is 5.61. The Bertz CT molecular complexity index is 707. The first-order valence-corrected chi connectivity index (χ1v) is 7.32. The number of amidine groups is 1. The Morgan fingerprint density at radius 2 is 1.92 bits per heavy atom. The fourth-order valence-corrected chi connectivity index (χ4v) is 2.31. The minimum absolute atomic E-state index is 0.0871. The molecule has 1 aliphatic heterocycles. The number of hydrogen-bond acceptors (Lipinski definition) is 5. The van der Waals surface area contributed by atoms with E-state index in [0.717, 1.165) is 4.90 Å². The maximum atomic E-state index is 12.9. The van der Waals surface area contributed by atoms with Gasteiger partial charge in [0.2, 0.25) is 0 Å². The maximum Gasteiger partial charge on any atom is 0.297 e. The van der Waals surface area contributed by atoms with E-state index in [1.165, 1.54) is 31.3 Å². The summed E-state index contributed by atoms with van der Waals surface area (Å²) in [4.78, 5) is 41.5. The van der Waals surface area contributed by atoms with E-state index in [2.05, 4.69) is 10.3 Å². The first kappa shape index (κ1) is 17.7. The number of Topliss-reactive ketones (excluding diaryl/α,β-unsaturated/α-hetero) is 1. The Morgan fingerprint density at radius 1 is 1.33 bits per heavy atom. The summed E-state index contributed by atoms with van der Waals surface area (Å²) in [5, 5.41) is 2.53. The number of carbonyl (C=O) groups excluding carboxylic acids is 3. The van der Waals surface area contributed by atoms with Crippen LogP contribution >= 0.6 is 0 Å².